The molecule has 0 saturated carbocycles. The van der Waals surface area contributed by atoms with Crippen molar-refractivity contribution in [3.8, 4) is 0 Å². The van der Waals surface area contributed by atoms with Crippen molar-refractivity contribution in [2.24, 2.45) is 4.99 Å². The Bertz CT molecular complexity index is 1000. The first kappa shape index (κ1) is 21.1. The fourth-order valence-electron chi connectivity index (χ4n) is 3.77. The van der Waals surface area contributed by atoms with Crippen LogP contribution in [0.2, 0.25) is 0 Å². The number of imidazole rings is 1. The molecule has 0 bridgehead atoms. The Hall–Kier alpha value is -3.16. The summed E-state index contributed by atoms with van der Waals surface area (Å²) >= 11 is 0. The van der Waals surface area contributed by atoms with Gasteiger partial charge in [-0.1, -0.05) is 44.2 Å². The number of nitrogens with one attached hydrogen (secondary N) is 2. The largest absolute Gasteiger partial charge is 0.357 e. The van der Waals surface area contributed by atoms with Crippen molar-refractivity contribution in [1.29, 1.82) is 0 Å². The second-order valence-corrected chi connectivity index (χ2v) is 8.26. The summed E-state index contributed by atoms with van der Waals surface area (Å²) in [6.07, 6.45) is 5.80. The highest BCUT2D eigenvalue weighted by atomic mass is 15.4. The maximum Gasteiger partial charge on any atom is 0.191 e. The zero-order valence-corrected chi connectivity index (χ0v) is 18.6. The van der Waals surface area contributed by atoms with Gasteiger partial charge in [0.2, 0.25) is 0 Å². The third kappa shape index (κ3) is 5.31. The Balaban J connectivity index is 1.41. The Morgan fingerprint density at radius 1 is 1.26 bits per heavy atom. The lowest BCUT2D eigenvalue weighted by molar-refractivity contribution is 0.391. The number of hydrogen-bond acceptors (Lipinski definition) is 4. The van der Waals surface area contributed by atoms with Crippen LogP contribution in [0.4, 0.5) is 0 Å². The molecule has 0 radical (unpaired) electrons. The quantitative estimate of drug-likeness (QED) is 0.453. The molecule has 3 aromatic rings. The van der Waals surface area contributed by atoms with Crippen LogP contribution in [0.15, 0.2) is 47.7 Å². The van der Waals surface area contributed by atoms with Crippen molar-refractivity contribution in [2.45, 2.75) is 65.2 Å². The normalized spacial score (nSPS) is 16.4. The van der Waals surface area contributed by atoms with Crippen LogP contribution in [-0.2, 0) is 26.1 Å². The van der Waals surface area contributed by atoms with Crippen molar-refractivity contribution in [3.05, 3.63) is 65.8 Å². The molecule has 0 saturated heterocycles. The molecule has 164 valence electrons. The van der Waals surface area contributed by atoms with Gasteiger partial charge in [0, 0.05) is 43.9 Å². The number of nitrogens with zero attached hydrogens (tertiary/aromatic N) is 6. The summed E-state index contributed by atoms with van der Waals surface area (Å²) in [4.78, 5) is 14.0. The molecule has 3 heterocycles. The minimum Gasteiger partial charge on any atom is -0.357 e. The van der Waals surface area contributed by atoms with E-state index < -0.39 is 0 Å². The molecular weight excluding hydrogens is 388 g/mol. The highest BCUT2D eigenvalue weighted by molar-refractivity contribution is 5.80. The van der Waals surface area contributed by atoms with E-state index in [-0.39, 0.29) is 6.04 Å². The summed E-state index contributed by atoms with van der Waals surface area (Å²) in [5, 5.41) is 11.6. The monoisotopic (exact) mass is 420 g/mol. The molecule has 0 amide bonds. The van der Waals surface area contributed by atoms with Gasteiger partial charge in [-0.25, -0.2) is 19.6 Å². The van der Waals surface area contributed by atoms with Crippen LogP contribution in [-0.4, -0.2) is 42.9 Å². The third-order valence-electron chi connectivity index (χ3n) is 5.45. The Morgan fingerprint density at radius 2 is 2.10 bits per heavy atom. The summed E-state index contributed by atoms with van der Waals surface area (Å²) in [7, 11) is 0. The van der Waals surface area contributed by atoms with E-state index in [1.165, 1.54) is 5.56 Å². The van der Waals surface area contributed by atoms with Crippen molar-refractivity contribution in [2.75, 3.05) is 6.54 Å². The van der Waals surface area contributed by atoms with E-state index in [1.807, 2.05) is 23.1 Å². The number of benzene rings is 1. The first-order valence-corrected chi connectivity index (χ1v) is 11.1. The zero-order valence-electron chi connectivity index (χ0n) is 18.6. The third-order valence-corrected chi connectivity index (χ3v) is 5.45. The second-order valence-electron chi connectivity index (χ2n) is 8.26. The first-order chi connectivity index (χ1) is 15.1. The molecule has 1 aromatic carbocycles. The molecule has 8 nitrogen and oxygen atoms in total. The number of aliphatic imine (C=N–C) groups is 1. The van der Waals surface area contributed by atoms with Gasteiger partial charge in [-0.3, -0.25) is 0 Å². The molecular formula is C23H32N8. The summed E-state index contributed by atoms with van der Waals surface area (Å²) in [6, 6.07) is 10.7. The van der Waals surface area contributed by atoms with Crippen molar-refractivity contribution in [1.82, 2.24) is 34.9 Å². The van der Waals surface area contributed by atoms with Gasteiger partial charge in [0.25, 0.3) is 0 Å². The average molecular weight is 421 g/mol. The van der Waals surface area contributed by atoms with Crippen LogP contribution >= 0.6 is 0 Å². The van der Waals surface area contributed by atoms with E-state index in [2.05, 4.69) is 75.3 Å². The molecule has 2 aromatic heterocycles. The van der Waals surface area contributed by atoms with Crippen LogP contribution in [0.3, 0.4) is 0 Å². The molecule has 8 heteroatoms. The topological polar surface area (TPSA) is 84.9 Å². The van der Waals surface area contributed by atoms with Gasteiger partial charge >= 0.3 is 0 Å². The van der Waals surface area contributed by atoms with Gasteiger partial charge in [-0.2, -0.15) is 5.10 Å². The molecule has 0 spiro atoms. The highest BCUT2D eigenvalue weighted by Crippen LogP contribution is 2.17. The molecule has 1 unspecified atom stereocenters. The van der Waals surface area contributed by atoms with Crippen LogP contribution in [0.1, 0.15) is 56.1 Å². The maximum atomic E-state index is 4.81. The Kier molecular flexibility index (Phi) is 6.64. The Morgan fingerprint density at radius 3 is 2.87 bits per heavy atom. The zero-order chi connectivity index (χ0) is 21.6. The number of hydrogen-bond donors (Lipinski definition) is 2. The standard InChI is InChI=1S/C23H32N8/c1-4-24-23(27-19-10-11-20-28-22(17(2)3)29-31(20)16-19)26-14-21-25-12-13-30(21)15-18-8-6-5-7-9-18/h5-9,12-13,17,19H,4,10-11,14-16H2,1-3H3,(H2,24,26,27). The minimum atomic E-state index is 0.274. The number of aromatic nitrogens is 5. The SMILES string of the molecule is CCNC(=NCc1nccn1Cc1ccccc1)NC1CCc2nc(C(C)C)nn2C1. The van der Waals surface area contributed by atoms with Crippen LogP contribution < -0.4 is 10.6 Å². The number of aryl methyl sites for hydroxylation is 1. The molecule has 0 aliphatic carbocycles. The van der Waals surface area contributed by atoms with E-state index in [0.29, 0.717) is 12.5 Å². The summed E-state index contributed by atoms with van der Waals surface area (Å²) in [5.74, 6) is 4.13. The molecule has 2 N–H and O–H groups in total. The smallest absolute Gasteiger partial charge is 0.191 e. The lowest BCUT2D eigenvalue weighted by Crippen LogP contribution is -2.47. The number of fused-ring (bicyclic) bond motifs is 1. The van der Waals surface area contributed by atoms with Gasteiger partial charge in [-0.15, -0.1) is 0 Å². The highest BCUT2D eigenvalue weighted by Gasteiger charge is 2.23. The lowest BCUT2D eigenvalue weighted by Gasteiger charge is -2.25. The van der Waals surface area contributed by atoms with Crippen LogP contribution in [0, 0.1) is 0 Å². The average Bonchev–Trinajstić information content (AvgIpc) is 3.39. The first-order valence-electron chi connectivity index (χ1n) is 11.1. The molecule has 1 atom stereocenters. The van der Waals surface area contributed by atoms with E-state index in [9.17, 15) is 0 Å². The molecule has 1 aliphatic heterocycles. The second kappa shape index (κ2) is 9.76. The van der Waals surface area contributed by atoms with Crippen LogP contribution in [0.5, 0.6) is 0 Å². The summed E-state index contributed by atoms with van der Waals surface area (Å²) in [5.41, 5.74) is 1.25. The van der Waals surface area contributed by atoms with E-state index in [0.717, 1.165) is 55.9 Å². The number of rotatable bonds is 7. The molecule has 31 heavy (non-hydrogen) atoms. The molecule has 0 fully saturated rings. The lowest BCUT2D eigenvalue weighted by atomic mass is 10.1. The van der Waals surface area contributed by atoms with Crippen molar-refractivity contribution < 1.29 is 0 Å². The van der Waals surface area contributed by atoms with Gasteiger partial charge in [0.1, 0.15) is 18.2 Å². The van der Waals surface area contributed by atoms with Crippen molar-refractivity contribution in [3.63, 3.8) is 0 Å². The fraction of sp³-hybridized carbons (Fsp3) is 0.478. The van der Waals surface area contributed by atoms with Gasteiger partial charge in [-0.05, 0) is 18.9 Å². The molecule has 4 rings (SSSR count). The Labute approximate surface area is 183 Å². The molecule has 1 aliphatic rings. The maximum absolute atomic E-state index is 4.81. The summed E-state index contributed by atoms with van der Waals surface area (Å²) in [6.45, 7) is 9.28. The van der Waals surface area contributed by atoms with Gasteiger partial charge in [0.05, 0.1) is 6.54 Å². The predicted molar refractivity (Wildman–Crippen MR) is 122 cm³/mol. The minimum absolute atomic E-state index is 0.274. The predicted octanol–water partition coefficient (Wildman–Crippen LogP) is 2.72. The van der Waals surface area contributed by atoms with Gasteiger partial charge < -0.3 is 15.2 Å². The van der Waals surface area contributed by atoms with E-state index in [1.54, 1.807) is 0 Å². The van der Waals surface area contributed by atoms with Crippen LogP contribution in [0.25, 0.3) is 0 Å². The fourth-order valence-corrected chi connectivity index (χ4v) is 3.77. The van der Waals surface area contributed by atoms with E-state index in [4.69, 9.17) is 4.99 Å². The van der Waals surface area contributed by atoms with Crippen molar-refractivity contribution >= 4 is 5.96 Å². The van der Waals surface area contributed by atoms with E-state index >= 15 is 0 Å². The summed E-state index contributed by atoms with van der Waals surface area (Å²) < 4.78 is 4.20. The number of guanidine groups is 1. The van der Waals surface area contributed by atoms with Gasteiger partial charge in [0.15, 0.2) is 11.8 Å².